The molecule has 0 unspecified atom stereocenters. The first-order chi connectivity index (χ1) is 6.99. The molecule has 0 nitrogen and oxygen atoms in total. The van der Waals surface area contributed by atoms with Crippen LogP contribution in [0.5, 0.6) is 0 Å². The first kappa shape index (κ1) is 12.2. The molecule has 0 aliphatic carbocycles. The molecule has 0 aromatic heterocycles. The Bertz CT molecular complexity index is 321. The number of benzene rings is 1. The minimum absolute atomic E-state index is 0.791. The quantitative estimate of drug-likeness (QED) is 0.687. The molecule has 84 valence electrons. The SMILES string of the molecule is CCCc1ccc(C(C)(C)F)cc1CC. The van der Waals surface area contributed by atoms with Gasteiger partial charge in [-0.15, -0.1) is 0 Å². The Hall–Kier alpha value is -0.850. The fourth-order valence-electron chi connectivity index (χ4n) is 1.84. The number of hydrogen-bond donors (Lipinski definition) is 0. The lowest BCUT2D eigenvalue weighted by Crippen LogP contribution is -2.10. The molecule has 0 atom stereocenters. The lowest BCUT2D eigenvalue weighted by molar-refractivity contribution is 0.221. The van der Waals surface area contributed by atoms with Crippen LogP contribution >= 0.6 is 0 Å². The predicted octanol–water partition coefficient (Wildman–Crippen LogP) is 4.41. The van der Waals surface area contributed by atoms with Gasteiger partial charge in [-0.2, -0.15) is 0 Å². The van der Waals surface area contributed by atoms with Gasteiger partial charge in [-0.05, 0) is 43.4 Å². The molecule has 1 aromatic rings. The third-order valence-electron chi connectivity index (χ3n) is 2.79. The van der Waals surface area contributed by atoms with Gasteiger partial charge in [-0.3, -0.25) is 0 Å². The molecule has 0 amide bonds. The van der Waals surface area contributed by atoms with E-state index in [0.29, 0.717) is 0 Å². The zero-order valence-corrected chi connectivity index (χ0v) is 10.2. The van der Waals surface area contributed by atoms with E-state index in [-0.39, 0.29) is 0 Å². The van der Waals surface area contributed by atoms with Gasteiger partial charge in [0.1, 0.15) is 5.67 Å². The van der Waals surface area contributed by atoms with E-state index in [1.807, 2.05) is 12.1 Å². The van der Waals surface area contributed by atoms with Gasteiger partial charge in [-0.1, -0.05) is 38.5 Å². The summed E-state index contributed by atoms with van der Waals surface area (Å²) in [5, 5.41) is 0. The van der Waals surface area contributed by atoms with Crippen molar-refractivity contribution in [2.75, 3.05) is 0 Å². The predicted molar refractivity (Wildman–Crippen MR) is 63.9 cm³/mol. The average molecular weight is 208 g/mol. The van der Waals surface area contributed by atoms with Gasteiger partial charge in [-0.25, -0.2) is 4.39 Å². The van der Waals surface area contributed by atoms with Crippen molar-refractivity contribution in [3.05, 3.63) is 34.9 Å². The van der Waals surface area contributed by atoms with Crippen molar-refractivity contribution in [3.63, 3.8) is 0 Å². The monoisotopic (exact) mass is 208 g/mol. The molecule has 0 aliphatic heterocycles. The van der Waals surface area contributed by atoms with E-state index in [4.69, 9.17) is 0 Å². The van der Waals surface area contributed by atoms with E-state index in [1.54, 1.807) is 13.8 Å². The molecule has 0 bridgehead atoms. The maximum Gasteiger partial charge on any atom is 0.130 e. The maximum absolute atomic E-state index is 13.8. The molecule has 0 fully saturated rings. The van der Waals surface area contributed by atoms with E-state index in [1.165, 1.54) is 11.1 Å². The van der Waals surface area contributed by atoms with Crippen molar-refractivity contribution in [1.82, 2.24) is 0 Å². The Morgan fingerprint density at radius 2 is 1.80 bits per heavy atom. The summed E-state index contributed by atoms with van der Waals surface area (Å²) in [6, 6.07) is 6.02. The summed E-state index contributed by atoms with van der Waals surface area (Å²) < 4.78 is 13.8. The molecule has 0 aliphatic rings. The normalized spacial score (nSPS) is 11.8. The van der Waals surface area contributed by atoms with Crippen molar-refractivity contribution in [3.8, 4) is 0 Å². The Balaban J connectivity index is 3.08. The highest BCUT2D eigenvalue weighted by molar-refractivity contribution is 5.34. The second-order valence-electron chi connectivity index (χ2n) is 4.56. The van der Waals surface area contributed by atoms with Crippen LogP contribution in [0.1, 0.15) is 50.8 Å². The number of rotatable bonds is 4. The van der Waals surface area contributed by atoms with Crippen molar-refractivity contribution in [2.24, 2.45) is 0 Å². The van der Waals surface area contributed by atoms with Gasteiger partial charge in [0.05, 0.1) is 0 Å². The molecule has 15 heavy (non-hydrogen) atoms. The van der Waals surface area contributed by atoms with Gasteiger partial charge in [0.15, 0.2) is 0 Å². The van der Waals surface area contributed by atoms with Crippen LogP contribution < -0.4 is 0 Å². The molecule has 1 rings (SSSR count). The van der Waals surface area contributed by atoms with Crippen LogP contribution in [0.4, 0.5) is 4.39 Å². The van der Waals surface area contributed by atoms with Gasteiger partial charge in [0.2, 0.25) is 0 Å². The molecular weight excluding hydrogens is 187 g/mol. The summed E-state index contributed by atoms with van der Waals surface area (Å²) in [4.78, 5) is 0. The number of halogens is 1. The van der Waals surface area contributed by atoms with Crippen LogP contribution in [0.2, 0.25) is 0 Å². The highest BCUT2D eigenvalue weighted by atomic mass is 19.1. The van der Waals surface area contributed by atoms with Crippen molar-refractivity contribution in [1.29, 1.82) is 0 Å². The van der Waals surface area contributed by atoms with Gasteiger partial charge >= 0.3 is 0 Å². The lowest BCUT2D eigenvalue weighted by Gasteiger charge is -2.17. The molecule has 0 saturated heterocycles. The Morgan fingerprint density at radius 1 is 1.13 bits per heavy atom. The minimum atomic E-state index is -1.23. The minimum Gasteiger partial charge on any atom is -0.239 e. The van der Waals surface area contributed by atoms with Crippen LogP contribution in [0.25, 0.3) is 0 Å². The van der Waals surface area contributed by atoms with E-state index in [2.05, 4.69) is 19.9 Å². The number of alkyl halides is 1. The first-order valence-electron chi connectivity index (χ1n) is 5.80. The average Bonchev–Trinajstić information content (AvgIpc) is 2.17. The molecule has 0 radical (unpaired) electrons. The second kappa shape index (κ2) is 4.78. The van der Waals surface area contributed by atoms with Crippen LogP contribution in [-0.2, 0) is 18.5 Å². The standard InChI is InChI=1S/C14H21F/c1-5-7-12-8-9-13(14(3,4)15)10-11(12)6-2/h8-10H,5-7H2,1-4H3. The zero-order valence-electron chi connectivity index (χ0n) is 10.2. The van der Waals surface area contributed by atoms with Gasteiger partial charge < -0.3 is 0 Å². The molecule has 0 N–H and O–H groups in total. The molecule has 0 heterocycles. The first-order valence-corrected chi connectivity index (χ1v) is 5.80. The largest absolute Gasteiger partial charge is 0.239 e. The summed E-state index contributed by atoms with van der Waals surface area (Å²) >= 11 is 0. The lowest BCUT2D eigenvalue weighted by atomic mass is 9.93. The maximum atomic E-state index is 13.8. The summed E-state index contributed by atoms with van der Waals surface area (Å²) in [5.41, 5.74) is 2.22. The number of aryl methyl sites for hydroxylation is 2. The van der Waals surface area contributed by atoms with E-state index >= 15 is 0 Å². The summed E-state index contributed by atoms with van der Waals surface area (Å²) in [6.07, 6.45) is 3.22. The zero-order chi connectivity index (χ0) is 11.5. The Morgan fingerprint density at radius 3 is 2.27 bits per heavy atom. The summed E-state index contributed by atoms with van der Waals surface area (Å²) in [6.45, 7) is 7.53. The van der Waals surface area contributed by atoms with Gasteiger partial charge in [0.25, 0.3) is 0 Å². The molecule has 0 saturated carbocycles. The molecule has 1 heteroatoms. The molecule has 0 spiro atoms. The third kappa shape index (κ3) is 3.05. The van der Waals surface area contributed by atoms with Gasteiger partial charge in [0, 0.05) is 0 Å². The molecule has 1 aromatic carbocycles. The Labute approximate surface area is 92.5 Å². The Kier molecular flexibility index (Phi) is 3.90. The van der Waals surface area contributed by atoms with Crippen molar-refractivity contribution < 1.29 is 4.39 Å². The van der Waals surface area contributed by atoms with Crippen LogP contribution in [0.15, 0.2) is 18.2 Å². The van der Waals surface area contributed by atoms with E-state index in [9.17, 15) is 4.39 Å². The topological polar surface area (TPSA) is 0 Å². The van der Waals surface area contributed by atoms with E-state index < -0.39 is 5.67 Å². The van der Waals surface area contributed by atoms with Crippen LogP contribution in [0, 0.1) is 0 Å². The highest BCUT2D eigenvalue weighted by Crippen LogP contribution is 2.27. The summed E-state index contributed by atoms with van der Waals surface area (Å²) in [7, 11) is 0. The van der Waals surface area contributed by atoms with Crippen molar-refractivity contribution in [2.45, 2.75) is 52.6 Å². The van der Waals surface area contributed by atoms with Crippen molar-refractivity contribution >= 4 is 0 Å². The third-order valence-corrected chi connectivity index (χ3v) is 2.79. The highest BCUT2D eigenvalue weighted by Gasteiger charge is 2.19. The number of hydrogen-bond acceptors (Lipinski definition) is 0. The van der Waals surface area contributed by atoms with E-state index in [0.717, 1.165) is 24.8 Å². The van der Waals surface area contributed by atoms with Crippen LogP contribution in [-0.4, -0.2) is 0 Å². The fourth-order valence-corrected chi connectivity index (χ4v) is 1.84. The summed E-state index contributed by atoms with van der Waals surface area (Å²) in [5.74, 6) is 0. The molecular formula is C14H21F. The fraction of sp³-hybridized carbons (Fsp3) is 0.571. The smallest absolute Gasteiger partial charge is 0.130 e. The van der Waals surface area contributed by atoms with Crippen LogP contribution in [0.3, 0.4) is 0 Å². The second-order valence-corrected chi connectivity index (χ2v) is 4.56.